The molecule has 0 unspecified atom stereocenters. The fourth-order valence-corrected chi connectivity index (χ4v) is 4.37. The van der Waals surface area contributed by atoms with Crippen LogP contribution in [0.3, 0.4) is 0 Å². The average molecular weight is 429 g/mol. The van der Waals surface area contributed by atoms with E-state index in [1.54, 1.807) is 0 Å². The molecule has 0 aromatic heterocycles. The van der Waals surface area contributed by atoms with Gasteiger partial charge >= 0.3 is 0 Å². The molecule has 2 aliphatic rings. The zero-order chi connectivity index (χ0) is 22.3. The van der Waals surface area contributed by atoms with Crippen molar-refractivity contribution in [3.05, 3.63) is 23.8 Å². The Morgan fingerprint density at radius 1 is 1.20 bits per heavy atom. The summed E-state index contributed by atoms with van der Waals surface area (Å²) in [5.41, 5.74) is 0.494. The summed E-state index contributed by atoms with van der Waals surface area (Å²) in [4.78, 5) is 11.6. The van der Waals surface area contributed by atoms with E-state index in [1.165, 1.54) is 0 Å². The molecule has 8 heteroatoms. The Hall–Kier alpha value is -1.93. The van der Waals surface area contributed by atoms with Gasteiger partial charge in [0, 0.05) is 50.3 Å². The number of anilines is 1. The van der Waals surface area contributed by atoms with Crippen molar-refractivity contribution in [2.24, 2.45) is 0 Å². The maximum Gasteiger partial charge on any atom is 0.300 e. The third-order valence-corrected chi connectivity index (χ3v) is 6.07. The number of halogens is 2. The molecular formula is C22H34F2N2O4. The van der Waals surface area contributed by atoms with E-state index in [0.29, 0.717) is 6.10 Å². The number of phenols is 1. The van der Waals surface area contributed by atoms with Crippen LogP contribution in [0.25, 0.3) is 0 Å². The Kier molecular flexibility index (Phi) is 8.85. The molecule has 30 heavy (non-hydrogen) atoms. The number of ether oxygens (including phenoxy) is 1. The van der Waals surface area contributed by atoms with Gasteiger partial charge in [-0.05, 0) is 52.4 Å². The number of hydrogen-bond acceptors (Lipinski definition) is 5. The number of aromatic hydroxyl groups is 1. The number of phenolic OH excluding ortho intramolecular Hbond substituents is 1. The summed E-state index contributed by atoms with van der Waals surface area (Å²) in [6.07, 6.45) is 6.78. The van der Waals surface area contributed by atoms with E-state index in [0.717, 1.165) is 77.3 Å². The highest BCUT2D eigenvalue weighted by molar-refractivity contribution is 5.63. The standard InChI is InChI=1S/C20H30F2N2O2.C2H4O2/c1-3-26-15-4-8-20(2,9-5-15)24-10-6-14(7-11-24)23-18-12-16(21)17(22)13-19(18)25;1-2(3)4/h12-15,23,25H,3-11H2,1-2H3;1H3,(H,3,4)/t15-,20-;. The predicted molar refractivity (Wildman–Crippen MR) is 112 cm³/mol. The zero-order valence-corrected chi connectivity index (χ0v) is 18.1. The molecule has 1 heterocycles. The van der Waals surface area contributed by atoms with Crippen LogP contribution < -0.4 is 5.32 Å². The van der Waals surface area contributed by atoms with E-state index >= 15 is 0 Å². The maximum atomic E-state index is 13.4. The minimum absolute atomic E-state index is 0.158. The number of hydrogen-bond donors (Lipinski definition) is 3. The summed E-state index contributed by atoms with van der Waals surface area (Å²) in [6.45, 7) is 8.21. The third kappa shape index (κ3) is 6.80. The molecule has 1 saturated carbocycles. The smallest absolute Gasteiger partial charge is 0.300 e. The Bertz CT molecular complexity index is 697. The number of carboxylic acids is 1. The number of likely N-dealkylation sites (tertiary alicyclic amines) is 1. The SMILES string of the molecule is CC(=O)O.CCO[C@H]1CC[C@](C)(N2CCC(Nc3cc(F)c(F)cc3O)CC2)CC1. The molecule has 2 fully saturated rings. The minimum Gasteiger partial charge on any atom is -0.506 e. The second-order valence-electron chi connectivity index (χ2n) is 8.36. The van der Waals surface area contributed by atoms with Gasteiger partial charge in [-0.2, -0.15) is 0 Å². The fourth-order valence-electron chi connectivity index (χ4n) is 4.37. The lowest BCUT2D eigenvalue weighted by Gasteiger charge is -2.48. The van der Waals surface area contributed by atoms with E-state index in [-0.39, 0.29) is 23.0 Å². The number of rotatable bonds is 5. The van der Waals surface area contributed by atoms with Crippen LogP contribution >= 0.6 is 0 Å². The van der Waals surface area contributed by atoms with Gasteiger partial charge in [0.1, 0.15) is 5.75 Å². The van der Waals surface area contributed by atoms with Gasteiger partial charge in [-0.3, -0.25) is 9.69 Å². The summed E-state index contributed by atoms with van der Waals surface area (Å²) in [6, 6.07) is 2.02. The van der Waals surface area contributed by atoms with Crippen LogP contribution in [0, 0.1) is 11.6 Å². The van der Waals surface area contributed by atoms with Gasteiger partial charge in [0.2, 0.25) is 0 Å². The molecule has 0 spiro atoms. The highest BCUT2D eigenvalue weighted by Crippen LogP contribution is 2.37. The van der Waals surface area contributed by atoms with Crippen LogP contribution in [0.2, 0.25) is 0 Å². The van der Waals surface area contributed by atoms with E-state index < -0.39 is 17.6 Å². The van der Waals surface area contributed by atoms with Crippen LogP contribution in [0.1, 0.15) is 59.3 Å². The van der Waals surface area contributed by atoms with Crippen molar-refractivity contribution in [3.8, 4) is 5.75 Å². The highest BCUT2D eigenvalue weighted by Gasteiger charge is 2.38. The number of benzene rings is 1. The number of aliphatic carboxylic acids is 1. The van der Waals surface area contributed by atoms with Crippen molar-refractivity contribution in [2.45, 2.75) is 77.0 Å². The summed E-state index contributed by atoms with van der Waals surface area (Å²) < 4.78 is 32.3. The van der Waals surface area contributed by atoms with Crippen LogP contribution in [0.5, 0.6) is 5.75 Å². The number of nitrogens with zero attached hydrogens (tertiary/aromatic N) is 1. The lowest BCUT2D eigenvalue weighted by atomic mass is 9.79. The van der Waals surface area contributed by atoms with Crippen molar-refractivity contribution >= 4 is 11.7 Å². The highest BCUT2D eigenvalue weighted by atomic mass is 19.2. The predicted octanol–water partition coefficient (Wildman–Crippen LogP) is 4.38. The molecule has 1 aromatic carbocycles. The molecule has 6 nitrogen and oxygen atoms in total. The van der Waals surface area contributed by atoms with Crippen molar-refractivity contribution in [1.82, 2.24) is 4.90 Å². The molecule has 0 atom stereocenters. The Morgan fingerprint density at radius 3 is 2.27 bits per heavy atom. The first-order valence-electron chi connectivity index (χ1n) is 10.7. The molecular weight excluding hydrogens is 394 g/mol. The average Bonchev–Trinajstić information content (AvgIpc) is 2.68. The summed E-state index contributed by atoms with van der Waals surface area (Å²) in [7, 11) is 0. The quantitative estimate of drug-likeness (QED) is 0.604. The molecule has 0 radical (unpaired) electrons. The molecule has 3 N–H and O–H groups in total. The molecule has 1 aromatic rings. The second kappa shape index (κ2) is 10.9. The lowest BCUT2D eigenvalue weighted by Crippen LogP contribution is -2.53. The summed E-state index contributed by atoms with van der Waals surface area (Å²) >= 11 is 0. The number of nitrogens with one attached hydrogen (secondary N) is 1. The topological polar surface area (TPSA) is 82.0 Å². The van der Waals surface area contributed by atoms with E-state index in [4.69, 9.17) is 14.6 Å². The number of piperidine rings is 1. The van der Waals surface area contributed by atoms with E-state index in [9.17, 15) is 13.9 Å². The summed E-state index contributed by atoms with van der Waals surface area (Å²) in [5, 5.41) is 20.4. The molecule has 1 saturated heterocycles. The Labute approximate surface area is 177 Å². The first-order chi connectivity index (χ1) is 14.1. The monoisotopic (exact) mass is 428 g/mol. The molecule has 3 rings (SSSR count). The summed E-state index contributed by atoms with van der Waals surface area (Å²) in [5.74, 6) is -3.05. The second-order valence-corrected chi connectivity index (χ2v) is 8.36. The van der Waals surface area contributed by atoms with Gasteiger partial charge < -0.3 is 20.3 Å². The molecule has 0 amide bonds. The first-order valence-corrected chi connectivity index (χ1v) is 10.7. The van der Waals surface area contributed by atoms with Crippen LogP contribution in [0.15, 0.2) is 12.1 Å². The number of carboxylic acid groups (broad SMARTS) is 1. The van der Waals surface area contributed by atoms with Crippen LogP contribution in [-0.2, 0) is 9.53 Å². The lowest BCUT2D eigenvalue weighted by molar-refractivity contribution is -0.134. The van der Waals surface area contributed by atoms with Gasteiger partial charge in [-0.15, -0.1) is 0 Å². The largest absolute Gasteiger partial charge is 0.506 e. The molecule has 0 bridgehead atoms. The fraction of sp³-hybridized carbons (Fsp3) is 0.682. The van der Waals surface area contributed by atoms with Crippen molar-refractivity contribution in [1.29, 1.82) is 0 Å². The number of carbonyl (C=O) groups is 1. The minimum atomic E-state index is -1.03. The van der Waals surface area contributed by atoms with E-state index in [1.807, 2.05) is 0 Å². The first kappa shape index (κ1) is 24.3. The van der Waals surface area contributed by atoms with Crippen LogP contribution in [0.4, 0.5) is 14.5 Å². The van der Waals surface area contributed by atoms with Gasteiger partial charge in [0.15, 0.2) is 11.6 Å². The molecule has 1 aliphatic heterocycles. The van der Waals surface area contributed by atoms with Crippen LogP contribution in [-0.4, -0.2) is 58.5 Å². The zero-order valence-electron chi connectivity index (χ0n) is 18.1. The normalized spacial score (nSPS) is 25.3. The van der Waals surface area contributed by atoms with Crippen molar-refractivity contribution < 1.29 is 28.5 Å². The van der Waals surface area contributed by atoms with Gasteiger partial charge in [-0.1, -0.05) is 0 Å². The molecule has 170 valence electrons. The maximum absolute atomic E-state index is 13.4. The van der Waals surface area contributed by atoms with Gasteiger partial charge in [0.05, 0.1) is 11.8 Å². The Morgan fingerprint density at radius 2 is 1.73 bits per heavy atom. The van der Waals surface area contributed by atoms with Crippen molar-refractivity contribution in [2.75, 3.05) is 25.0 Å². The third-order valence-electron chi connectivity index (χ3n) is 6.07. The van der Waals surface area contributed by atoms with Gasteiger partial charge in [-0.25, -0.2) is 8.78 Å². The van der Waals surface area contributed by atoms with Crippen molar-refractivity contribution in [3.63, 3.8) is 0 Å². The van der Waals surface area contributed by atoms with E-state index in [2.05, 4.69) is 24.1 Å². The molecule has 1 aliphatic carbocycles. The Balaban J connectivity index is 0.000000735. The van der Waals surface area contributed by atoms with Gasteiger partial charge in [0.25, 0.3) is 5.97 Å².